The van der Waals surface area contributed by atoms with E-state index in [9.17, 15) is 14.9 Å². The number of nitro groups is 1. The van der Waals surface area contributed by atoms with Crippen LogP contribution in [-0.2, 0) is 0 Å². The lowest BCUT2D eigenvalue weighted by molar-refractivity contribution is -0.384. The lowest BCUT2D eigenvalue weighted by atomic mass is 10.0. The monoisotopic (exact) mass is 301 g/mol. The van der Waals surface area contributed by atoms with Crippen LogP contribution >= 0.6 is 0 Å². The zero-order valence-electron chi connectivity index (χ0n) is 12.4. The minimum absolute atomic E-state index is 0.0408. The van der Waals surface area contributed by atoms with Crippen molar-refractivity contribution in [2.24, 2.45) is 0 Å². The van der Waals surface area contributed by atoms with Crippen molar-refractivity contribution in [2.45, 2.75) is 6.92 Å². The van der Waals surface area contributed by atoms with E-state index in [0.29, 0.717) is 5.69 Å². The van der Waals surface area contributed by atoms with Crippen LogP contribution in [0.4, 0.5) is 11.6 Å². The fourth-order valence-electron chi connectivity index (χ4n) is 2.10. The SMILES string of the molecule is Cc1nc(N)nc(-c2ccccc2[N+](=O)[O-])c1C(=O)N(C)C. The van der Waals surface area contributed by atoms with Crippen LogP contribution in [0.3, 0.4) is 0 Å². The summed E-state index contributed by atoms with van der Waals surface area (Å²) in [5.41, 5.74) is 6.48. The molecule has 8 nitrogen and oxygen atoms in total. The Balaban J connectivity index is 2.81. The number of hydrogen-bond acceptors (Lipinski definition) is 6. The Kier molecular flexibility index (Phi) is 4.02. The number of nitro benzene ring substituents is 1. The molecule has 8 heteroatoms. The fourth-order valence-corrected chi connectivity index (χ4v) is 2.10. The third-order valence-electron chi connectivity index (χ3n) is 3.08. The van der Waals surface area contributed by atoms with Crippen molar-refractivity contribution in [1.29, 1.82) is 0 Å². The van der Waals surface area contributed by atoms with Gasteiger partial charge < -0.3 is 10.6 Å². The maximum atomic E-state index is 12.4. The molecule has 0 fully saturated rings. The van der Waals surface area contributed by atoms with Gasteiger partial charge in [-0.2, -0.15) is 0 Å². The number of aromatic nitrogens is 2. The Hall–Kier alpha value is -3.03. The molecule has 0 saturated heterocycles. The quantitative estimate of drug-likeness (QED) is 0.680. The molecule has 0 aliphatic rings. The van der Waals surface area contributed by atoms with Gasteiger partial charge in [-0.15, -0.1) is 0 Å². The van der Waals surface area contributed by atoms with Gasteiger partial charge in [-0.3, -0.25) is 14.9 Å². The van der Waals surface area contributed by atoms with Crippen LogP contribution in [0.5, 0.6) is 0 Å². The Bertz CT molecular complexity index is 758. The number of anilines is 1. The summed E-state index contributed by atoms with van der Waals surface area (Å²) in [6.45, 7) is 1.62. The molecule has 0 unspecified atom stereocenters. The van der Waals surface area contributed by atoms with Gasteiger partial charge in [0.25, 0.3) is 11.6 Å². The van der Waals surface area contributed by atoms with Gasteiger partial charge in [0.2, 0.25) is 5.95 Å². The number of amides is 1. The molecule has 1 aromatic heterocycles. The number of nitrogens with zero attached hydrogens (tertiary/aromatic N) is 4. The largest absolute Gasteiger partial charge is 0.368 e. The number of carbonyl (C=O) groups is 1. The van der Waals surface area contributed by atoms with Gasteiger partial charge in [0.1, 0.15) is 0 Å². The van der Waals surface area contributed by atoms with Crippen molar-refractivity contribution in [2.75, 3.05) is 19.8 Å². The molecule has 2 rings (SSSR count). The van der Waals surface area contributed by atoms with Gasteiger partial charge in [-0.05, 0) is 13.0 Å². The number of carbonyl (C=O) groups excluding carboxylic acids is 1. The Morgan fingerprint density at radius 3 is 2.50 bits per heavy atom. The second-order valence-electron chi connectivity index (χ2n) is 4.86. The summed E-state index contributed by atoms with van der Waals surface area (Å²) in [6, 6.07) is 6.07. The molecule has 22 heavy (non-hydrogen) atoms. The molecular weight excluding hydrogens is 286 g/mol. The zero-order valence-corrected chi connectivity index (χ0v) is 12.4. The molecule has 2 N–H and O–H groups in total. The summed E-state index contributed by atoms with van der Waals surface area (Å²) < 4.78 is 0. The van der Waals surface area contributed by atoms with Crippen LogP contribution < -0.4 is 5.73 Å². The van der Waals surface area contributed by atoms with E-state index >= 15 is 0 Å². The number of para-hydroxylation sites is 1. The molecular formula is C14H15N5O3. The lowest BCUT2D eigenvalue weighted by Gasteiger charge is -2.15. The van der Waals surface area contributed by atoms with E-state index in [2.05, 4.69) is 9.97 Å². The summed E-state index contributed by atoms with van der Waals surface area (Å²) in [6.07, 6.45) is 0. The van der Waals surface area contributed by atoms with Gasteiger partial charge in [0.15, 0.2) is 0 Å². The fraction of sp³-hybridized carbons (Fsp3) is 0.214. The molecule has 2 aromatic rings. The number of hydrogen-bond donors (Lipinski definition) is 1. The lowest BCUT2D eigenvalue weighted by Crippen LogP contribution is -2.24. The third-order valence-corrected chi connectivity index (χ3v) is 3.08. The van der Waals surface area contributed by atoms with Gasteiger partial charge >= 0.3 is 0 Å². The standard InChI is InChI=1S/C14H15N5O3/c1-8-11(13(20)18(2)3)12(17-14(15)16-8)9-6-4-5-7-10(9)19(21)22/h4-7H,1-3H3,(H2,15,16,17). The highest BCUT2D eigenvalue weighted by Crippen LogP contribution is 2.32. The van der Waals surface area contributed by atoms with Crippen molar-refractivity contribution in [1.82, 2.24) is 14.9 Å². The molecule has 1 aromatic carbocycles. The van der Waals surface area contributed by atoms with Crippen molar-refractivity contribution in [3.05, 3.63) is 45.6 Å². The summed E-state index contributed by atoms with van der Waals surface area (Å²) in [5, 5.41) is 11.2. The van der Waals surface area contributed by atoms with Crippen LogP contribution in [0, 0.1) is 17.0 Å². The number of nitrogen functional groups attached to an aromatic ring is 1. The summed E-state index contributed by atoms with van der Waals surface area (Å²) >= 11 is 0. The summed E-state index contributed by atoms with van der Waals surface area (Å²) in [5.74, 6) is -0.383. The van der Waals surface area contributed by atoms with E-state index in [1.807, 2.05) is 0 Å². The molecule has 0 bridgehead atoms. The average Bonchev–Trinajstić information content (AvgIpc) is 2.45. The summed E-state index contributed by atoms with van der Waals surface area (Å²) in [4.78, 5) is 32.5. The van der Waals surface area contributed by atoms with Gasteiger partial charge in [0, 0.05) is 20.2 Å². The highest BCUT2D eigenvalue weighted by molar-refractivity contribution is 6.01. The number of aryl methyl sites for hydroxylation is 1. The highest BCUT2D eigenvalue weighted by Gasteiger charge is 2.25. The first kappa shape index (κ1) is 15.4. The van der Waals surface area contributed by atoms with Crippen LogP contribution in [0.2, 0.25) is 0 Å². The normalized spacial score (nSPS) is 10.3. The number of nitrogens with two attached hydrogens (primary N) is 1. The molecule has 114 valence electrons. The van der Waals surface area contributed by atoms with E-state index in [1.165, 1.54) is 17.0 Å². The van der Waals surface area contributed by atoms with Gasteiger partial charge in [0.05, 0.1) is 27.4 Å². The Labute approximate surface area is 126 Å². The van der Waals surface area contributed by atoms with Crippen molar-refractivity contribution in [3.8, 4) is 11.3 Å². The predicted molar refractivity (Wildman–Crippen MR) is 81.3 cm³/mol. The number of rotatable bonds is 3. The van der Waals surface area contributed by atoms with Gasteiger partial charge in [-0.25, -0.2) is 9.97 Å². The van der Waals surface area contributed by atoms with Crippen LogP contribution in [0.1, 0.15) is 16.1 Å². The first-order chi connectivity index (χ1) is 10.3. The molecule has 1 amide bonds. The zero-order chi connectivity index (χ0) is 16.4. The molecule has 0 atom stereocenters. The summed E-state index contributed by atoms with van der Waals surface area (Å²) in [7, 11) is 3.17. The minimum atomic E-state index is -0.521. The highest BCUT2D eigenvalue weighted by atomic mass is 16.6. The minimum Gasteiger partial charge on any atom is -0.368 e. The van der Waals surface area contributed by atoms with Crippen molar-refractivity contribution in [3.63, 3.8) is 0 Å². The molecule has 0 aliphatic heterocycles. The molecule has 0 radical (unpaired) electrons. The Morgan fingerprint density at radius 1 is 1.27 bits per heavy atom. The number of benzene rings is 1. The average molecular weight is 301 g/mol. The second-order valence-corrected chi connectivity index (χ2v) is 4.86. The van der Waals surface area contributed by atoms with Crippen LogP contribution in [0.15, 0.2) is 24.3 Å². The second kappa shape index (κ2) is 5.76. The van der Waals surface area contributed by atoms with E-state index < -0.39 is 4.92 Å². The van der Waals surface area contributed by atoms with E-state index in [1.54, 1.807) is 33.2 Å². The molecule has 0 spiro atoms. The predicted octanol–water partition coefficient (Wildman–Crippen LogP) is 1.64. The topological polar surface area (TPSA) is 115 Å². The van der Waals surface area contributed by atoms with Crippen LogP contribution in [-0.4, -0.2) is 39.8 Å². The third kappa shape index (κ3) is 2.71. The Morgan fingerprint density at radius 2 is 1.91 bits per heavy atom. The first-order valence-electron chi connectivity index (χ1n) is 6.42. The van der Waals surface area contributed by atoms with E-state index in [0.717, 1.165) is 0 Å². The first-order valence-corrected chi connectivity index (χ1v) is 6.42. The smallest absolute Gasteiger partial charge is 0.278 e. The molecule has 1 heterocycles. The maximum Gasteiger partial charge on any atom is 0.278 e. The van der Waals surface area contributed by atoms with Crippen molar-refractivity contribution >= 4 is 17.5 Å². The maximum absolute atomic E-state index is 12.4. The van der Waals surface area contributed by atoms with Crippen molar-refractivity contribution < 1.29 is 9.72 Å². The molecule has 0 aliphatic carbocycles. The molecule has 0 saturated carbocycles. The van der Waals surface area contributed by atoms with E-state index in [4.69, 9.17) is 5.73 Å². The van der Waals surface area contributed by atoms with Crippen LogP contribution in [0.25, 0.3) is 11.3 Å². The van der Waals surface area contributed by atoms with E-state index in [-0.39, 0.29) is 34.4 Å². The van der Waals surface area contributed by atoms with Gasteiger partial charge in [-0.1, -0.05) is 12.1 Å².